The number of hydrogen-bond acceptors (Lipinski definition) is 3. The predicted octanol–water partition coefficient (Wildman–Crippen LogP) is 1.09. The summed E-state index contributed by atoms with van der Waals surface area (Å²) in [6.07, 6.45) is 5.19. The van der Waals surface area contributed by atoms with Crippen molar-refractivity contribution in [3.63, 3.8) is 0 Å². The minimum Gasteiger partial charge on any atom is -0.361 e. The van der Waals surface area contributed by atoms with Gasteiger partial charge >= 0.3 is 0 Å². The standard InChI is InChI=1S/C9H12N2O/c1-4-7(2)10-6-9-5-8(3)12-11-9/h1,5,7,10H,6H2,2-3H3. The van der Waals surface area contributed by atoms with E-state index in [0.717, 1.165) is 11.5 Å². The second-order valence-corrected chi connectivity index (χ2v) is 2.70. The molecule has 1 N–H and O–H groups in total. The minimum atomic E-state index is 0.0713. The third-order valence-corrected chi connectivity index (χ3v) is 1.52. The molecule has 0 radical (unpaired) electrons. The quantitative estimate of drug-likeness (QED) is 0.680. The highest BCUT2D eigenvalue weighted by atomic mass is 16.5. The van der Waals surface area contributed by atoms with E-state index in [9.17, 15) is 0 Å². The van der Waals surface area contributed by atoms with E-state index in [0.29, 0.717) is 6.54 Å². The maximum absolute atomic E-state index is 5.19. The Kier molecular flexibility index (Phi) is 2.89. The zero-order chi connectivity index (χ0) is 8.97. The molecular formula is C9H12N2O. The van der Waals surface area contributed by atoms with E-state index in [2.05, 4.69) is 16.4 Å². The summed E-state index contributed by atoms with van der Waals surface area (Å²) in [4.78, 5) is 0. The normalized spacial score (nSPS) is 12.4. The maximum Gasteiger partial charge on any atom is 0.133 e. The van der Waals surface area contributed by atoms with Gasteiger partial charge in [0.05, 0.1) is 11.7 Å². The largest absolute Gasteiger partial charge is 0.361 e. The molecule has 1 aromatic rings. The van der Waals surface area contributed by atoms with Crippen LogP contribution in [0.2, 0.25) is 0 Å². The van der Waals surface area contributed by atoms with Gasteiger partial charge in [-0.25, -0.2) is 0 Å². The smallest absolute Gasteiger partial charge is 0.133 e. The maximum atomic E-state index is 5.19. The first-order chi connectivity index (χ1) is 5.72. The van der Waals surface area contributed by atoms with Gasteiger partial charge in [0, 0.05) is 12.6 Å². The molecule has 1 atom stereocenters. The Bertz CT molecular complexity index is 285. The highest BCUT2D eigenvalue weighted by molar-refractivity contribution is 5.04. The molecule has 0 saturated carbocycles. The molecule has 3 nitrogen and oxygen atoms in total. The van der Waals surface area contributed by atoms with Gasteiger partial charge in [0.15, 0.2) is 0 Å². The van der Waals surface area contributed by atoms with Crippen molar-refractivity contribution in [2.24, 2.45) is 0 Å². The molecule has 0 spiro atoms. The molecule has 0 fully saturated rings. The van der Waals surface area contributed by atoms with Crippen LogP contribution in [0.1, 0.15) is 18.4 Å². The highest BCUT2D eigenvalue weighted by Gasteiger charge is 2.00. The summed E-state index contributed by atoms with van der Waals surface area (Å²) < 4.78 is 4.89. The Labute approximate surface area is 72.1 Å². The van der Waals surface area contributed by atoms with Gasteiger partial charge in [-0.3, -0.25) is 5.32 Å². The first kappa shape index (κ1) is 8.82. The molecule has 0 bridgehead atoms. The molecule has 1 unspecified atom stereocenters. The third-order valence-electron chi connectivity index (χ3n) is 1.52. The van der Waals surface area contributed by atoms with Gasteiger partial charge in [-0.1, -0.05) is 11.1 Å². The van der Waals surface area contributed by atoms with E-state index >= 15 is 0 Å². The van der Waals surface area contributed by atoms with E-state index in [1.165, 1.54) is 0 Å². The van der Waals surface area contributed by atoms with Crippen molar-refractivity contribution >= 4 is 0 Å². The van der Waals surface area contributed by atoms with Gasteiger partial charge in [0.2, 0.25) is 0 Å². The minimum absolute atomic E-state index is 0.0713. The van der Waals surface area contributed by atoms with Crippen LogP contribution in [0.5, 0.6) is 0 Å². The molecule has 3 heteroatoms. The number of hydrogen-bond donors (Lipinski definition) is 1. The fourth-order valence-electron chi connectivity index (χ4n) is 0.818. The van der Waals surface area contributed by atoms with Crippen molar-refractivity contribution < 1.29 is 4.52 Å². The van der Waals surface area contributed by atoms with Gasteiger partial charge < -0.3 is 4.52 Å². The van der Waals surface area contributed by atoms with Crippen LogP contribution in [0.4, 0.5) is 0 Å². The van der Waals surface area contributed by atoms with Crippen LogP contribution < -0.4 is 5.32 Å². The molecule has 0 aromatic carbocycles. The van der Waals surface area contributed by atoms with E-state index in [1.807, 2.05) is 19.9 Å². The highest BCUT2D eigenvalue weighted by Crippen LogP contribution is 2.00. The fraction of sp³-hybridized carbons (Fsp3) is 0.444. The summed E-state index contributed by atoms with van der Waals surface area (Å²) in [7, 11) is 0. The topological polar surface area (TPSA) is 38.1 Å². The van der Waals surface area contributed by atoms with E-state index in [4.69, 9.17) is 10.9 Å². The molecule has 12 heavy (non-hydrogen) atoms. The van der Waals surface area contributed by atoms with E-state index in [1.54, 1.807) is 0 Å². The summed E-state index contributed by atoms with van der Waals surface area (Å²) >= 11 is 0. The van der Waals surface area contributed by atoms with Crippen LogP contribution >= 0.6 is 0 Å². The van der Waals surface area contributed by atoms with Gasteiger partial charge in [0.25, 0.3) is 0 Å². The Balaban J connectivity index is 2.39. The summed E-state index contributed by atoms with van der Waals surface area (Å²) in [6, 6.07) is 1.96. The zero-order valence-electron chi connectivity index (χ0n) is 7.29. The molecule has 1 heterocycles. The number of aromatic nitrogens is 1. The number of nitrogens with zero attached hydrogens (tertiary/aromatic N) is 1. The summed E-state index contributed by atoms with van der Waals surface area (Å²) in [5, 5.41) is 6.92. The number of aryl methyl sites for hydroxylation is 1. The Morgan fingerprint density at radius 1 is 1.83 bits per heavy atom. The SMILES string of the molecule is C#CC(C)NCc1cc(C)on1. The van der Waals surface area contributed by atoms with E-state index < -0.39 is 0 Å². The summed E-state index contributed by atoms with van der Waals surface area (Å²) in [5.74, 6) is 3.39. The first-order valence-electron chi connectivity index (χ1n) is 3.84. The van der Waals surface area contributed by atoms with Crippen LogP contribution in [0.15, 0.2) is 10.6 Å². The predicted molar refractivity (Wildman–Crippen MR) is 46.4 cm³/mol. The molecular weight excluding hydrogens is 152 g/mol. The van der Waals surface area contributed by atoms with Crippen molar-refractivity contribution in [1.29, 1.82) is 0 Å². The Hall–Kier alpha value is -1.27. The van der Waals surface area contributed by atoms with Gasteiger partial charge in [-0.2, -0.15) is 0 Å². The molecule has 1 aromatic heterocycles. The van der Waals surface area contributed by atoms with Crippen molar-refractivity contribution in [3.8, 4) is 12.3 Å². The monoisotopic (exact) mass is 164 g/mol. The van der Waals surface area contributed by atoms with E-state index in [-0.39, 0.29) is 6.04 Å². The first-order valence-corrected chi connectivity index (χ1v) is 3.84. The number of terminal acetylenes is 1. The molecule has 0 aliphatic rings. The average Bonchev–Trinajstić information content (AvgIpc) is 2.47. The molecule has 0 amide bonds. The lowest BCUT2D eigenvalue weighted by atomic mass is 10.3. The number of rotatable bonds is 3. The van der Waals surface area contributed by atoms with Crippen LogP contribution in [0.25, 0.3) is 0 Å². The number of nitrogens with one attached hydrogen (secondary N) is 1. The van der Waals surface area contributed by atoms with Gasteiger partial charge in [-0.15, -0.1) is 6.42 Å². The summed E-state index contributed by atoms with van der Waals surface area (Å²) in [5.41, 5.74) is 0.884. The van der Waals surface area contributed by atoms with Crippen LogP contribution in [0, 0.1) is 19.3 Å². The van der Waals surface area contributed by atoms with Crippen molar-refractivity contribution in [1.82, 2.24) is 10.5 Å². The summed E-state index contributed by atoms with van der Waals surface area (Å²) in [6.45, 7) is 4.44. The van der Waals surface area contributed by atoms with Gasteiger partial charge in [-0.05, 0) is 13.8 Å². The lowest BCUT2D eigenvalue weighted by Crippen LogP contribution is -2.23. The van der Waals surface area contributed by atoms with Crippen LogP contribution in [-0.4, -0.2) is 11.2 Å². The second-order valence-electron chi connectivity index (χ2n) is 2.70. The lowest BCUT2D eigenvalue weighted by molar-refractivity contribution is 0.387. The van der Waals surface area contributed by atoms with Crippen LogP contribution in [0.3, 0.4) is 0 Å². The van der Waals surface area contributed by atoms with Crippen molar-refractivity contribution in [2.75, 3.05) is 0 Å². The molecule has 0 aliphatic heterocycles. The third kappa shape index (κ3) is 2.40. The molecule has 0 saturated heterocycles. The molecule has 1 rings (SSSR count). The molecule has 0 aliphatic carbocycles. The lowest BCUT2D eigenvalue weighted by Gasteiger charge is -2.03. The van der Waals surface area contributed by atoms with Crippen LogP contribution in [-0.2, 0) is 6.54 Å². The molecule has 64 valence electrons. The van der Waals surface area contributed by atoms with Crippen molar-refractivity contribution in [3.05, 3.63) is 17.5 Å². The zero-order valence-corrected chi connectivity index (χ0v) is 7.29. The average molecular weight is 164 g/mol. The fourth-order valence-corrected chi connectivity index (χ4v) is 0.818. The Morgan fingerprint density at radius 2 is 2.58 bits per heavy atom. The van der Waals surface area contributed by atoms with Gasteiger partial charge in [0.1, 0.15) is 5.76 Å². The Morgan fingerprint density at radius 3 is 3.08 bits per heavy atom. The van der Waals surface area contributed by atoms with Crippen molar-refractivity contribution in [2.45, 2.75) is 26.4 Å². The second kappa shape index (κ2) is 3.93.